The van der Waals surface area contributed by atoms with Crippen LogP contribution in [0.25, 0.3) is 4.96 Å². The maximum atomic E-state index is 4.55. The third-order valence-electron chi connectivity index (χ3n) is 2.08. The largest absolute Gasteiger partial charge is 0.222 e. The van der Waals surface area contributed by atoms with Crippen molar-refractivity contribution in [2.24, 2.45) is 0 Å². The summed E-state index contributed by atoms with van der Waals surface area (Å²) in [5.41, 5.74) is 2.53. The van der Waals surface area contributed by atoms with Gasteiger partial charge < -0.3 is 0 Å². The van der Waals surface area contributed by atoms with Crippen LogP contribution in [0.5, 0.6) is 0 Å². The van der Waals surface area contributed by atoms with E-state index < -0.39 is 0 Å². The lowest BCUT2D eigenvalue weighted by molar-refractivity contribution is 0.887. The first-order valence-corrected chi connectivity index (χ1v) is 6.71. The Balaban J connectivity index is 2.30. The number of hydrogen-bond acceptors (Lipinski definition) is 4. The first-order valence-electron chi connectivity index (χ1n) is 3.95. The summed E-state index contributed by atoms with van der Waals surface area (Å²) in [5.74, 6) is 2.24. The first kappa shape index (κ1) is 8.26. The van der Waals surface area contributed by atoms with Crippen molar-refractivity contribution >= 4 is 44.0 Å². The number of rotatable bonds is 0. The van der Waals surface area contributed by atoms with Crippen molar-refractivity contribution in [1.82, 2.24) is 14.6 Å². The van der Waals surface area contributed by atoms with Gasteiger partial charge in [-0.15, -0.1) is 5.10 Å². The monoisotopic (exact) mass is 275 g/mol. The van der Waals surface area contributed by atoms with Crippen molar-refractivity contribution in [1.29, 1.82) is 0 Å². The molecule has 1 aliphatic rings. The highest BCUT2D eigenvalue weighted by Gasteiger charge is 2.18. The van der Waals surface area contributed by atoms with Crippen LogP contribution in [0.1, 0.15) is 11.4 Å². The van der Waals surface area contributed by atoms with Gasteiger partial charge in [-0.05, 0) is 21.7 Å². The number of fused-ring (bicyclic) bond motifs is 3. The van der Waals surface area contributed by atoms with Crippen LogP contribution in [0, 0.1) is 0 Å². The van der Waals surface area contributed by atoms with Crippen molar-refractivity contribution in [3.05, 3.63) is 15.3 Å². The predicted octanol–water partition coefficient (Wildman–Crippen LogP) is 2.34. The number of nitrogens with zero attached hydrogens (tertiary/aromatic N) is 3. The maximum absolute atomic E-state index is 4.55. The molecule has 0 fully saturated rings. The highest BCUT2D eigenvalue weighted by molar-refractivity contribution is 9.11. The van der Waals surface area contributed by atoms with Gasteiger partial charge in [0.15, 0.2) is 3.92 Å². The molecule has 2 aromatic rings. The average Bonchev–Trinajstić information content (AvgIpc) is 2.60. The van der Waals surface area contributed by atoms with E-state index in [4.69, 9.17) is 0 Å². The highest BCUT2D eigenvalue weighted by Crippen LogP contribution is 2.28. The first-order chi connectivity index (χ1) is 6.34. The van der Waals surface area contributed by atoms with Crippen LogP contribution in [-0.2, 0) is 12.2 Å². The molecule has 0 saturated heterocycles. The van der Waals surface area contributed by atoms with Gasteiger partial charge in [0.2, 0.25) is 4.96 Å². The third kappa shape index (κ3) is 1.23. The number of thioether (sulfide) groups is 1. The normalized spacial score (nSPS) is 16.4. The minimum absolute atomic E-state index is 0.911. The minimum atomic E-state index is 0.911. The molecule has 0 aliphatic carbocycles. The van der Waals surface area contributed by atoms with Gasteiger partial charge in [-0.3, -0.25) is 0 Å². The molecule has 0 atom stereocenters. The summed E-state index contributed by atoms with van der Waals surface area (Å²) in [4.78, 5) is 5.56. The van der Waals surface area contributed by atoms with E-state index in [9.17, 15) is 0 Å². The number of imidazole rings is 1. The Kier molecular flexibility index (Phi) is 1.88. The summed E-state index contributed by atoms with van der Waals surface area (Å²) in [6.07, 6.45) is 1.09. The van der Waals surface area contributed by atoms with Gasteiger partial charge in [0, 0.05) is 12.2 Å². The van der Waals surface area contributed by atoms with Gasteiger partial charge in [-0.25, -0.2) is 9.50 Å². The molecule has 3 nitrogen and oxygen atoms in total. The van der Waals surface area contributed by atoms with Crippen molar-refractivity contribution < 1.29 is 0 Å². The van der Waals surface area contributed by atoms with E-state index in [1.54, 1.807) is 11.3 Å². The number of aryl methyl sites for hydroxylation is 1. The van der Waals surface area contributed by atoms with E-state index in [2.05, 4.69) is 26.0 Å². The zero-order valence-corrected chi connectivity index (χ0v) is 9.88. The van der Waals surface area contributed by atoms with Crippen LogP contribution < -0.4 is 0 Å². The van der Waals surface area contributed by atoms with Gasteiger partial charge in [0.05, 0.1) is 11.4 Å². The Bertz CT molecular complexity index is 461. The van der Waals surface area contributed by atoms with Crippen LogP contribution in [0.2, 0.25) is 0 Å². The Morgan fingerprint density at radius 3 is 3.31 bits per heavy atom. The molecule has 3 rings (SSSR count). The van der Waals surface area contributed by atoms with Gasteiger partial charge in [0.25, 0.3) is 0 Å². The average molecular weight is 276 g/mol. The smallest absolute Gasteiger partial charge is 0.213 e. The summed E-state index contributed by atoms with van der Waals surface area (Å²) in [7, 11) is 0. The van der Waals surface area contributed by atoms with Crippen LogP contribution in [0.3, 0.4) is 0 Å². The molecule has 2 aromatic heterocycles. The maximum Gasteiger partial charge on any atom is 0.213 e. The predicted molar refractivity (Wildman–Crippen MR) is 58.4 cm³/mol. The van der Waals surface area contributed by atoms with E-state index in [0.29, 0.717) is 0 Å². The van der Waals surface area contributed by atoms with Crippen LogP contribution in [0.4, 0.5) is 0 Å². The summed E-state index contributed by atoms with van der Waals surface area (Å²) >= 11 is 6.92. The molecule has 0 N–H and O–H groups in total. The summed E-state index contributed by atoms with van der Waals surface area (Å²) in [6, 6.07) is 0. The topological polar surface area (TPSA) is 30.2 Å². The fourth-order valence-electron chi connectivity index (χ4n) is 1.49. The van der Waals surface area contributed by atoms with Crippen LogP contribution in [-0.4, -0.2) is 20.4 Å². The molecule has 13 heavy (non-hydrogen) atoms. The molecule has 3 heterocycles. The van der Waals surface area contributed by atoms with Gasteiger partial charge in [-0.1, -0.05) is 11.3 Å². The lowest BCUT2D eigenvalue weighted by Crippen LogP contribution is -2.03. The summed E-state index contributed by atoms with van der Waals surface area (Å²) in [5, 5.41) is 4.36. The second-order valence-corrected chi connectivity index (χ2v) is 6.19. The third-order valence-corrected chi connectivity index (χ3v) is 4.39. The molecular weight excluding hydrogens is 270 g/mol. The number of halogens is 1. The zero-order chi connectivity index (χ0) is 8.84. The lowest BCUT2D eigenvalue weighted by Gasteiger charge is -2.08. The van der Waals surface area contributed by atoms with E-state index in [0.717, 1.165) is 21.1 Å². The summed E-state index contributed by atoms with van der Waals surface area (Å²) in [6.45, 7) is 0. The Morgan fingerprint density at radius 2 is 2.38 bits per heavy atom. The highest BCUT2D eigenvalue weighted by atomic mass is 79.9. The van der Waals surface area contributed by atoms with Gasteiger partial charge >= 0.3 is 0 Å². The van der Waals surface area contributed by atoms with Crippen LogP contribution in [0.15, 0.2) is 3.92 Å². The molecule has 0 saturated carbocycles. The van der Waals surface area contributed by atoms with E-state index in [1.165, 1.54) is 17.1 Å². The SMILES string of the molecule is Brc1nn2c3c(nc2s1)CCSC3. The standard InChI is InChI=1S/C7H6BrN3S2/c8-6-10-11-5-3-12-2-1-4(5)9-7(11)13-6/h1-3H2. The molecule has 0 unspecified atom stereocenters. The zero-order valence-electron chi connectivity index (χ0n) is 6.66. The molecule has 6 heteroatoms. The number of aromatic nitrogens is 3. The second kappa shape index (κ2) is 2.96. The van der Waals surface area contributed by atoms with E-state index in [1.807, 2.05) is 16.3 Å². The Hall–Kier alpha value is -0.0700. The van der Waals surface area contributed by atoms with Crippen molar-refractivity contribution in [2.45, 2.75) is 12.2 Å². The lowest BCUT2D eigenvalue weighted by atomic mass is 10.3. The van der Waals surface area contributed by atoms with Gasteiger partial charge in [-0.2, -0.15) is 11.8 Å². The molecule has 68 valence electrons. The van der Waals surface area contributed by atoms with Crippen molar-refractivity contribution in [3.63, 3.8) is 0 Å². The molecule has 0 bridgehead atoms. The quantitative estimate of drug-likeness (QED) is 0.740. The minimum Gasteiger partial charge on any atom is -0.222 e. The van der Waals surface area contributed by atoms with Crippen molar-refractivity contribution in [3.8, 4) is 0 Å². The fourth-order valence-corrected chi connectivity index (χ4v) is 3.71. The molecule has 0 aromatic carbocycles. The fraction of sp³-hybridized carbons (Fsp3) is 0.429. The molecule has 0 radical (unpaired) electrons. The molecule has 0 spiro atoms. The Labute approximate surface area is 91.7 Å². The van der Waals surface area contributed by atoms with E-state index >= 15 is 0 Å². The van der Waals surface area contributed by atoms with Crippen LogP contribution >= 0.6 is 39.0 Å². The summed E-state index contributed by atoms with van der Waals surface area (Å²) < 4.78 is 2.88. The second-order valence-electron chi connectivity index (χ2n) is 2.86. The molecular formula is C7H6BrN3S2. The molecule has 0 amide bonds. The number of hydrogen-bond donors (Lipinski definition) is 0. The van der Waals surface area contributed by atoms with Crippen molar-refractivity contribution in [2.75, 3.05) is 5.75 Å². The van der Waals surface area contributed by atoms with Gasteiger partial charge in [0.1, 0.15) is 0 Å². The molecule has 1 aliphatic heterocycles. The van der Waals surface area contributed by atoms with E-state index in [-0.39, 0.29) is 0 Å². The Morgan fingerprint density at radius 1 is 1.46 bits per heavy atom.